The second-order valence-electron chi connectivity index (χ2n) is 5.06. The lowest BCUT2D eigenvalue weighted by Crippen LogP contribution is -2.10. The Kier molecular flexibility index (Phi) is 3.12. The molecule has 0 saturated heterocycles. The van der Waals surface area contributed by atoms with E-state index in [0.29, 0.717) is 30.2 Å². The Morgan fingerprint density at radius 3 is 2.65 bits per heavy atom. The van der Waals surface area contributed by atoms with Crippen LogP contribution in [0.15, 0.2) is 12.1 Å². The molecule has 0 bridgehead atoms. The predicted molar refractivity (Wildman–Crippen MR) is 69.9 cm³/mol. The molecule has 104 valence electrons. The standard InChI is InChI=1S/C15H13F2NO2/c16-8-6-10(17)14-12(7-8)18-11-5-3-1-2-4-9(11)13(14)15(19)20/h6-7H,1-5H2,(H,19,20). The van der Waals surface area contributed by atoms with Crippen molar-refractivity contribution in [3.8, 4) is 0 Å². The number of pyridine rings is 1. The van der Waals surface area contributed by atoms with Gasteiger partial charge in [0.15, 0.2) is 0 Å². The SMILES string of the molecule is O=C(O)c1c2c(nc3cc(F)cc(F)c13)CCCCC2. The van der Waals surface area contributed by atoms with E-state index in [1.165, 1.54) is 0 Å². The Labute approximate surface area is 114 Å². The molecule has 0 amide bonds. The van der Waals surface area contributed by atoms with Gasteiger partial charge in [-0.2, -0.15) is 0 Å². The molecule has 1 aromatic heterocycles. The van der Waals surface area contributed by atoms with Gasteiger partial charge in [0.05, 0.1) is 16.5 Å². The number of carboxylic acid groups (broad SMARTS) is 1. The van der Waals surface area contributed by atoms with Crippen LogP contribution in [0.4, 0.5) is 8.78 Å². The van der Waals surface area contributed by atoms with E-state index in [9.17, 15) is 18.7 Å². The van der Waals surface area contributed by atoms with Gasteiger partial charge in [-0.05, 0) is 31.2 Å². The summed E-state index contributed by atoms with van der Waals surface area (Å²) in [5.41, 5.74) is 1.30. The third kappa shape index (κ3) is 2.03. The number of nitrogens with zero attached hydrogens (tertiary/aromatic N) is 1. The maximum atomic E-state index is 14.0. The van der Waals surface area contributed by atoms with Crippen molar-refractivity contribution >= 4 is 16.9 Å². The fourth-order valence-electron chi connectivity index (χ4n) is 2.89. The number of fused-ring (bicyclic) bond motifs is 2. The largest absolute Gasteiger partial charge is 0.478 e. The molecular weight excluding hydrogens is 264 g/mol. The molecule has 1 aromatic carbocycles. The van der Waals surface area contributed by atoms with Crippen LogP contribution in [-0.4, -0.2) is 16.1 Å². The Morgan fingerprint density at radius 1 is 1.15 bits per heavy atom. The lowest BCUT2D eigenvalue weighted by molar-refractivity contribution is 0.0697. The smallest absolute Gasteiger partial charge is 0.336 e. The fourth-order valence-corrected chi connectivity index (χ4v) is 2.89. The first kappa shape index (κ1) is 13.0. The summed E-state index contributed by atoms with van der Waals surface area (Å²) in [5, 5.41) is 9.35. The molecule has 2 aromatic rings. The minimum atomic E-state index is -1.18. The second-order valence-corrected chi connectivity index (χ2v) is 5.06. The molecule has 3 rings (SSSR count). The maximum absolute atomic E-state index is 14.0. The zero-order chi connectivity index (χ0) is 14.3. The summed E-state index contributed by atoms with van der Waals surface area (Å²) in [6.07, 6.45) is 4.01. The van der Waals surface area contributed by atoms with E-state index in [1.54, 1.807) is 0 Å². The van der Waals surface area contributed by atoms with Gasteiger partial charge in [0.1, 0.15) is 11.6 Å². The summed E-state index contributed by atoms with van der Waals surface area (Å²) in [6.45, 7) is 0. The summed E-state index contributed by atoms with van der Waals surface area (Å²) in [4.78, 5) is 15.8. The molecule has 5 heteroatoms. The van der Waals surface area contributed by atoms with Crippen molar-refractivity contribution in [2.75, 3.05) is 0 Å². The summed E-state index contributed by atoms with van der Waals surface area (Å²) >= 11 is 0. The average Bonchev–Trinajstić information content (AvgIpc) is 2.60. The van der Waals surface area contributed by atoms with E-state index in [0.717, 1.165) is 25.3 Å². The Hall–Kier alpha value is -2.04. The van der Waals surface area contributed by atoms with E-state index in [-0.39, 0.29) is 16.5 Å². The second kappa shape index (κ2) is 4.81. The lowest BCUT2D eigenvalue weighted by Gasteiger charge is -2.13. The number of aryl methyl sites for hydroxylation is 1. The first-order valence-corrected chi connectivity index (χ1v) is 6.61. The van der Waals surface area contributed by atoms with E-state index < -0.39 is 17.6 Å². The topological polar surface area (TPSA) is 50.2 Å². The summed E-state index contributed by atoms with van der Waals surface area (Å²) in [6, 6.07) is 1.80. The van der Waals surface area contributed by atoms with E-state index in [2.05, 4.69) is 4.98 Å². The highest BCUT2D eigenvalue weighted by atomic mass is 19.1. The number of rotatable bonds is 1. The molecule has 1 N–H and O–H groups in total. The van der Waals surface area contributed by atoms with E-state index in [4.69, 9.17) is 0 Å². The molecule has 1 heterocycles. The van der Waals surface area contributed by atoms with Gasteiger partial charge in [0, 0.05) is 17.8 Å². The molecule has 20 heavy (non-hydrogen) atoms. The van der Waals surface area contributed by atoms with Crippen LogP contribution in [0.1, 0.15) is 40.9 Å². The van der Waals surface area contributed by atoms with Crippen LogP contribution in [0.3, 0.4) is 0 Å². The zero-order valence-corrected chi connectivity index (χ0v) is 10.7. The van der Waals surface area contributed by atoms with Gasteiger partial charge in [-0.3, -0.25) is 4.98 Å². The number of halogens is 2. The number of carbonyl (C=O) groups is 1. The van der Waals surface area contributed by atoms with Gasteiger partial charge >= 0.3 is 5.97 Å². The fraction of sp³-hybridized carbons (Fsp3) is 0.333. The quantitative estimate of drug-likeness (QED) is 0.812. The van der Waals surface area contributed by atoms with Gasteiger partial charge < -0.3 is 5.11 Å². The third-order valence-corrected chi connectivity index (χ3v) is 3.74. The first-order chi connectivity index (χ1) is 9.58. The molecule has 0 spiro atoms. The number of aromatic carboxylic acids is 1. The molecule has 0 fully saturated rings. The highest BCUT2D eigenvalue weighted by molar-refractivity contribution is 6.04. The van der Waals surface area contributed by atoms with Crippen molar-refractivity contribution in [1.82, 2.24) is 4.98 Å². The zero-order valence-electron chi connectivity index (χ0n) is 10.7. The Bertz CT molecular complexity index is 713. The predicted octanol–water partition coefficient (Wildman–Crippen LogP) is 3.48. The van der Waals surface area contributed by atoms with Gasteiger partial charge in [-0.15, -0.1) is 0 Å². The average molecular weight is 277 g/mol. The molecular formula is C15H13F2NO2. The minimum absolute atomic E-state index is 0.0515. The molecule has 0 radical (unpaired) electrons. The summed E-state index contributed by atoms with van der Waals surface area (Å²) in [7, 11) is 0. The van der Waals surface area contributed by atoms with Crippen molar-refractivity contribution < 1.29 is 18.7 Å². The molecule has 3 nitrogen and oxygen atoms in total. The highest BCUT2D eigenvalue weighted by Crippen LogP contribution is 2.30. The van der Waals surface area contributed by atoms with Crippen LogP contribution in [0, 0.1) is 11.6 Å². The van der Waals surface area contributed by atoms with Crippen LogP contribution < -0.4 is 0 Å². The minimum Gasteiger partial charge on any atom is -0.478 e. The molecule has 1 aliphatic carbocycles. The number of hydrogen-bond donors (Lipinski definition) is 1. The lowest BCUT2D eigenvalue weighted by atomic mass is 9.97. The number of hydrogen-bond acceptors (Lipinski definition) is 2. The Balaban J connectivity index is 2.42. The van der Waals surface area contributed by atoms with E-state index in [1.807, 2.05) is 0 Å². The van der Waals surface area contributed by atoms with Crippen LogP contribution >= 0.6 is 0 Å². The van der Waals surface area contributed by atoms with Crippen molar-refractivity contribution in [2.24, 2.45) is 0 Å². The van der Waals surface area contributed by atoms with Gasteiger partial charge in [-0.25, -0.2) is 13.6 Å². The van der Waals surface area contributed by atoms with Crippen LogP contribution in [-0.2, 0) is 12.8 Å². The monoisotopic (exact) mass is 277 g/mol. The molecule has 1 aliphatic rings. The maximum Gasteiger partial charge on any atom is 0.336 e. The number of aromatic nitrogens is 1. The molecule has 0 saturated carbocycles. The molecule has 0 unspecified atom stereocenters. The summed E-state index contributed by atoms with van der Waals surface area (Å²) < 4.78 is 27.3. The van der Waals surface area contributed by atoms with Crippen LogP contribution in [0.25, 0.3) is 10.9 Å². The van der Waals surface area contributed by atoms with Crippen molar-refractivity contribution in [3.63, 3.8) is 0 Å². The Morgan fingerprint density at radius 2 is 1.90 bits per heavy atom. The first-order valence-electron chi connectivity index (χ1n) is 6.61. The molecule has 0 atom stereocenters. The van der Waals surface area contributed by atoms with Crippen LogP contribution in [0.2, 0.25) is 0 Å². The number of carboxylic acids is 1. The van der Waals surface area contributed by atoms with Gasteiger partial charge in [-0.1, -0.05) is 6.42 Å². The van der Waals surface area contributed by atoms with Crippen molar-refractivity contribution in [1.29, 1.82) is 0 Å². The van der Waals surface area contributed by atoms with E-state index >= 15 is 0 Å². The normalized spacial score (nSPS) is 14.9. The summed E-state index contributed by atoms with van der Waals surface area (Å²) in [5.74, 6) is -2.79. The van der Waals surface area contributed by atoms with Crippen molar-refractivity contribution in [2.45, 2.75) is 32.1 Å². The van der Waals surface area contributed by atoms with Gasteiger partial charge in [0.25, 0.3) is 0 Å². The van der Waals surface area contributed by atoms with Crippen LogP contribution in [0.5, 0.6) is 0 Å². The van der Waals surface area contributed by atoms with Gasteiger partial charge in [0.2, 0.25) is 0 Å². The number of benzene rings is 1. The van der Waals surface area contributed by atoms with Crippen molar-refractivity contribution in [3.05, 3.63) is 40.6 Å². The third-order valence-electron chi connectivity index (χ3n) is 3.74. The molecule has 0 aliphatic heterocycles. The highest BCUT2D eigenvalue weighted by Gasteiger charge is 2.23.